The first-order chi connectivity index (χ1) is 6.81. The Balaban J connectivity index is 1.90. The second-order valence-corrected chi connectivity index (χ2v) is 5.11. The number of likely N-dealkylation sites (tertiary alicyclic amines) is 1. The number of piperidine rings is 2. The summed E-state index contributed by atoms with van der Waals surface area (Å²) in [4.78, 5) is 2.73. The molecule has 0 unspecified atom stereocenters. The van der Waals surface area contributed by atoms with Crippen molar-refractivity contribution < 1.29 is 0 Å². The van der Waals surface area contributed by atoms with E-state index in [-0.39, 0.29) is 0 Å². The molecular weight excluding hydrogens is 172 g/mol. The van der Waals surface area contributed by atoms with Crippen molar-refractivity contribution in [3.63, 3.8) is 0 Å². The quantitative estimate of drug-likeness (QED) is 0.739. The molecule has 0 radical (unpaired) electrons. The van der Waals surface area contributed by atoms with Crippen molar-refractivity contribution in [3.8, 4) is 0 Å². The Bertz CT molecular complexity index is 181. The minimum atomic E-state index is 0.811. The SMILES string of the molecule is CCCCN1C[C@H]2CNC[C@@H](C2)[C@H]1C. The molecule has 0 amide bonds. The predicted molar refractivity (Wildman–Crippen MR) is 60.4 cm³/mol. The number of nitrogens with zero attached hydrogens (tertiary/aromatic N) is 1. The highest BCUT2D eigenvalue weighted by Crippen LogP contribution is 2.29. The number of unbranched alkanes of at least 4 members (excludes halogenated alkanes) is 1. The first-order valence-electron chi connectivity index (χ1n) is 6.26. The number of fused-ring (bicyclic) bond motifs is 2. The summed E-state index contributed by atoms with van der Waals surface area (Å²) in [6.45, 7) is 9.88. The van der Waals surface area contributed by atoms with Gasteiger partial charge in [-0.3, -0.25) is 0 Å². The number of nitrogens with one attached hydrogen (secondary N) is 1. The normalized spacial score (nSPS) is 38.6. The molecule has 2 fully saturated rings. The maximum Gasteiger partial charge on any atom is 0.0108 e. The van der Waals surface area contributed by atoms with E-state index >= 15 is 0 Å². The molecule has 3 atom stereocenters. The van der Waals surface area contributed by atoms with Gasteiger partial charge in [-0.05, 0) is 51.2 Å². The Morgan fingerprint density at radius 2 is 2.21 bits per heavy atom. The van der Waals surface area contributed by atoms with Crippen LogP contribution in [0.3, 0.4) is 0 Å². The first-order valence-corrected chi connectivity index (χ1v) is 6.26. The predicted octanol–water partition coefficient (Wildman–Crippen LogP) is 1.72. The average Bonchev–Trinajstić information content (AvgIpc) is 2.22. The maximum atomic E-state index is 3.57. The number of hydrogen-bond acceptors (Lipinski definition) is 2. The van der Waals surface area contributed by atoms with Crippen LogP contribution in [0.1, 0.15) is 33.1 Å². The van der Waals surface area contributed by atoms with Gasteiger partial charge in [-0.2, -0.15) is 0 Å². The summed E-state index contributed by atoms with van der Waals surface area (Å²) in [6.07, 6.45) is 4.17. The lowest BCUT2D eigenvalue weighted by atomic mass is 9.81. The van der Waals surface area contributed by atoms with E-state index in [0.29, 0.717) is 0 Å². The summed E-state index contributed by atoms with van der Waals surface area (Å²) in [6, 6.07) is 0.811. The zero-order valence-electron chi connectivity index (χ0n) is 9.63. The van der Waals surface area contributed by atoms with Gasteiger partial charge < -0.3 is 10.2 Å². The number of rotatable bonds is 3. The van der Waals surface area contributed by atoms with E-state index in [1.54, 1.807) is 0 Å². The van der Waals surface area contributed by atoms with E-state index in [9.17, 15) is 0 Å². The molecule has 2 saturated heterocycles. The van der Waals surface area contributed by atoms with Crippen molar-refractivity contribution in [2.24, 2.45) is 11.8 Å². The molecule has 2 aliphatic rings. The van der Waals surface area contributed by atoms with E-state index in [0.717, 1.165) is 17.9 Å². The molecule has 2 nitrogen and oxygen atoms in total. The van der Waals surface area contributed by atoms with Gasteiger partial charge in [0.15, 0.2) is 0 Å². The van der Waals surface area contributed by atoms with Gasteiger partial charge >= 0.3 is 0 Å². The summed E-state index contributed by atoms with van der Waals surface area (Å²) >= 11 is 0. The van der Waals surface area contributed by atoms with E-state index in [4.69, 9.17) is 0 Å². The van der Waals surface area contributed by atoms with Crippen LogP contribution in [0.25, 0.3) is 0 Å². The van der Waals surface area contributed by atoms with Gasteiger partial charge in [0.05, 0.1) is 0 Å². The molecule has 2 rings (SSSR count). The molecule has 1 N–H and O–H groups in total. The second-order valence-electron chi connectivity index (χ2n) is 5.11. The van der Waals surface area contributed by atoms with E-state index in [2.05, 4.69) is 24.1 Å². The van der Waals surface area contributed by atoms with Crippen LogP contribution in [0.2, 0.25) is 0 Å². The topological polar surface area (TPSA) is 15.3 Å². The molecule has 0 aromatic rings. The molecule has 0 spiro atoms. The Morgan fingerprint density at radius 3 is 3.00 bits per heavy atom. The van der Waals surface area contributed by atoms with E-state index in [1.165, 1.54) is 45.4 Å². The summed E-state index contributed by atoms with van der Waals surface area (Å²) in [5, 5.41) is 3.57. The zero-order valence-corrected chi connectivity index (χ0v) is 9.63. The van der Waals surface area contributed by atoms with E-state index < -0.39 is 0 Å². The van der Waals surface area contributed by atoms with Crippen LogP contribution < -0.4 is 5.32 Å². The minimum absolute atomic E-state index is 0.811. The third-order valence-corrected chi connectivity index (χ3v) is 4.03. The third kappa shape index (κ3) is 2.12. The van der Waals surface area contributed by atoms with Crippen LogP contribution in [0.15, 0.2) is 0 Å². The highest BCUT2D eigenvalue weighted by Gasteiger charge is 2.35. The van der Waals surface area contributed by atoms with Crippen LogP contribution in [-0.2, 0) is 0 Å². The lowest BCUT2D eigenvalue weighted by Crippen LogP contribution is -2.55. The van der Waals surface area contributed by atoms with Gasteiger partial charge in [0, 0.05) is 12.6 Å². The van der Waals surface area contributed by atoms with Gasteiger partial charge in [0.25, 0.3) is 0 Å². The Labute approximate surface area is 88.1 Å². The van der Waals surface area contributed by atoms with Gasteiger partial charge in [-0.15, -0.1) is 0 Å². The summed E-state index contributed by atoms with van der Waals surface area (Å²) in [5.41, 5.74) is 0. The van der Waals surface area contributed by atoms with Crippen molar-refractivity contribution in [2.45, 2.75) is 39.2 Å². The smallest absolute Gasteiger partial charge is 0.0108 e. The Kier molecular flexibility index (Phi) is 3.45. The Morgan fingerprint density at radius 1 is 1.36 bits per heavy atom. The highest BCUT2D eigenvalue weighted by atomic mass is 15.2. The van der Waals surface area contributed by atoms with Crippen LogP contribution in [0.5, 0.6) is 0 Å². The molecule has 0 aromatic carbocycles. The van der Waals surface area contributed by atoms with Crippen molar-refractivity contribution in [1.29, 1.82) is 0 Å². The van der Waals surface area contributed by atoms with Crippen molar-refractivity contribution in [3.05, 3.63) is 0 Å². The maximum absolute atomic E-state index is 3.57. The average molecular weight is 196 g/mol. The standard InChI is InChI=1S/C12H24N2/c1-3-4-5-14-9-11-6-12(10(14)2)8-13-7-11/h10-13H,3-9H2,1-2H3/t10-,11-,12-/m1/s1. The summed E-state index contributed by atoms with van der Waals surface area (Å²) in [7, 11) is 0. The molecular formula is C12H24N2. The molecule has 2 bridgehead atoms. The highest BCUT2D eigenvalue weighted by molar-refractivity contribution is 4.90. The van der Waals surface area contributed by atoms with Crippen LogP contribution >= 0.6 is 0 Å². The summed E-state index contributed by atoms with van der Waals surface area (Å²) < 4.78 is 0. The van der Waals surface area contributed by atoms with Crippen LogP contribution in [0.4, 0.5) is 0 Å². The van der Waals surface area contributed by atoms with E-state index in [1.807, 2.05) is 0 Å². The zero-order chi connectivity index (χ0) is 9.97. The summed E-state index contributed by atoms with van der Waals surface area (Å²) in [5.74, 6) is 1.85. The lowest BCUT2D eigenvalue weighted by Gasteiger charge is -2.46. The van der Waals surface area contributed by atoms with Crippen LogP contribution in [0, 0.1) is 11.8 Å². The first kappa shape index (κ1) is 10.4. The van der Waals surface area contributed by atoms with Gasteiger partial charge in [-0.1, -0.05) is 13.3 Å². The molecule has 2 aliphatic heterocycles. The van der Waals surface area contributed by atoms with Gasteiger partial charge in [-0.25, -0.2) is 0 Å². The monoisotopic (exact) mass is 196 g/mol. The molecule has 0 aliphatic carbocycles. The largest absolute Gasteiger partial charge is 0.316 e. The minimum Gasteiger partial charge on any atom is -0.316 e. The lowest BCUT2D eigenvalue weighted by molar-refractivity contribution is 0.0431. The fourth-order valence-electron chi connectivity index (χ4n) is 3.03. The molecule has 2 heteroatoms. The van der Waals surface area contributed by atoms with Gasteiger partial charge in [0.1, 0.15) is 0 Å². The van der Waals surface area contributed by atoms with Crippen molar-refractivity contribution >= 4 is 0 Å². The van der Waals surface area contributed by atoms with Crippen molar-refractivity contribution in [1.82, 2.24) is 10.2 Å². The number of hydrogen-bond donors (Lipinski definition) is 1. The molecule has 14 heavy (non-hydrogen) atoms. The molecule has 2 heterocycles. The molecule has 0 aromatic heterocycles. The fourth-order valence-corrected chi connectivity index (χ4v) is 3.03. The fraction of sp³-hybridized carbons (Fsp3) is 1.00. The Hall–Kier alpha value is -0.0800. The van der Waals surface area contributed by atoms with Crippen molar-refractivity contribution in [2.75, 3.05) is 26.2 Å². The third-order valence-electron chi connectivity index (χ3n) is 4.03. The second kappa shape index (κ2) is 4.63. The van der Waals surface area contributed by atoms with Gasteiger partial charge in [0.2, 0.25) is 0 Å². The molecule has 0 saturated carbocycles. The molecule has 82 valence electrons. The van der Waals surface area contributed by atoms with Crippen LogP contribution in [-0.4, -0.2) is 37.1 Å².